The van der Waals surface area contributed by atoms with E-state index in [0.29, 0.717) is 10.8 Å². The number of hydrogen-bond acceptors (Lipinski definition) is 5. The summed E-state index contributed by atoms with van der Waals surface area (Å²) in [6.07, 6.45) is 13.3. The number of allylic oxidation sites excluding steroid dienone is 3. The molecule has 4 atom stereocenters. The Bertz CT molecular complexity index is 837. The van der Waals surface area contributed by atoms with Gasteiger partial charge in [0, 0.05) is 4.88 Å². The van der Waals surface area contributed by atoms with Crippen LogP contribution in [0.2, 0.25) is 0 Å². The summed E-state index contributed by atoms with van der Waals surface area (Å²) in [5.74, 6) is -0.0215. The SMILES string of the molecule is COC(=O)c1sc(C2=CCCCC2)cc1N(C(C)/C=C/C(C)O)C([OH2+])C(C)/C=C/C(C)C. The van der Waals surface area contributed by atoms with Gasteiger partial charge in [0.15, 0.2) is 0 Å². The van der Waals surface area contributed by atoms with Gasteiger partial charge >= 0.3 is 5.97 Å². The molecule has 0 saturated carbocycles. The first-order valence-electron chi connectivity index (χ1n) is 11.6. The Hall–Kier alpha value is -1.89. The molecule has 0 spiro atoms. The molecule has 0 aliphatic heterocycles. The summed E-state index contributed by atoms with van der Waals surface area (Å²) in [5, 5.41) is 18.9. The van der Waals surface area contributed by atoms with Crippen LogP contribution in [0.1, 0.15) is 74.9 Å². The zero-order chi connectivity index (χ0) is 23.8. The minimum atomic E-state index is -0.607. The van der Waals surface area contributed by atoms with Crippen molar-refractivity contribution in [1.29, 1.82) is 0 Å². The van der Waals surface area contributed by atoms with Crippen molar-refractivity contribution < 1.29 is 19.7 Å². The third-order valence-corrected chi connectivity index (χ3v) is 6.85. The van der Waals surface area contributed by atoms with E-state index < -0.39 is 12.3 Å². The predicted molar refractivity (Wildman–Crippen MR) is 135 cm³/mol. The summed E-state index contributed by atoms with van der Waals surface area (Å²) >= 11 is 1.46. The van der Waals surface area contributed by atoms with E-state index in [9.17, 15) is 9.90 Å². The Morgan fingerprint density at radius 3 is 2.44 bits per heavy atom. The number of carbonyl (C=O) groups is 1. The smallest absolute Gasteiger partial charge is 0.350 e. The average molecular weight is 463 g/mol. The number of anilines is 1. The summed E-state index contributed by atoms with van der Waals surface area (Å²) in [6, 6.07) is 1.87. The van der Waals surface area contributed by atoms with Crippen molar-refractivity contribution in [3.63, 3.8) is 0 Å². The van der Waals surface area contributed by atoms with Gasteiger partial charge in [0.1, 0.15) is 4.88 Å². The Morgan fingerprint density at radius 1 is 1.16 bits per heavy atom. The van der Waals surface area contributed by atoms with Crippen LogP contribution in [0.3, 0.4) is 0 Å². The van der Waals surface area contributed by atoms with Gasteiger partial charge in [0.05, 0.1) is 30.9 Å². The maximum atomic E-state index is 12.7. The third-order valence-electron chi connectivity index (χ3n) is 5.67. The molecule has 5 nitrogen and oxygen atoms in total. The molecule has 6 heteroatoms. The lowest BCUT2D eigenvalue weighted by molar-refractivity contribution is 0.0605. The minimum absolute atomic E-state index is 0.0532. The van der Waals surface area contributed by atoms with E-state index in [-0.39, 0.29) is 17.9 Å². The number of aliphatic hydroxyl groups excluding tert-OH is 1. The van der Waals surface area contributed by atoms with Crippen LogP contribution in [0.4, 0.5) is 5.69 Å². The zero-order valence-corrected chi connectivity index (χ0v) is 21.1. The first kappa shape index (κ1) is 26.4. The number of hydrogen-bond donors (Lipinski definition) is 1. The van der Waals surface area contributed by atoms with Crippen molar-refractivity contribution in [2.75, 3.05) is 12.0 Å². The van der Waals surface area contributed by atoms with Gasteiger partial charge in [-0.1, -0.05) is 44.2 Å². The van der Waals surface area contributed by atoms with Crippen LogP contribution in [-0.4, -0.2) is 41.7 Å². The van der Waals surface area contributed by atoms with Crippen LogP contribution in [0.25, 0.3) is 5.57 Å². The van der Waals surface area contributed by atoms with Gasteiger partial charge in [-0.05, 0) is 64.0 Å². The fourth-order valence-electron chi connectivity index (χ4n) is 3.83. The van der Waals surface area contributed by atoms with Crippen LogP contribution in [-0.2, 0) is 4.74 Å². The van der Waals surface area contributed by atoms with Crippen molar-refractivity contribution in [3.8, 4) is 0 Å². The highest BCUT2D eigenvalue weighted by atomic mass is 32.1. The Morgan fingerprint density at radius 2 is 1.88 bits per heavy atom. The van der Waals surface area contributed by atoms with Gasteiger partial charge in [0.25, 0.3) is 0 Å². The molecule has 3 N–H and O–H groups in total. The van der Waals surface area contributed by atoms with Crippen LogP contribution in [0.15, 0.2) is 36.4 Å². The van der Waals surface area contributed by atoms with Crippen LogP contribution in [0, 0.1) is 11.8 Å². The molecule has 0 aromatic carbocycles. The molecule has 1 aromatic rings. The van der Waals surface area contributed by atoms with E-state index in [1.54, 1.807) is 13.0 Å². The van der Waals surface area contributed by atoms with Gasteiger partial charge in [-0.15, -0.1) is 11.3 Å². The molecule has 4 unspecified atom stereocenters. The van der Waals surface area contributed by atoms with E-state index in [2.05, 4.69) is 38.1 Å². The topological polar surface area (TPSA) is 72.7 Å². The van der Waals surface area contributed by atoms with E-state index in [1.807, 2.05) is 24.8 Å². The number of ether oxygens (including phenoxy) is 1. The molecule has 1 aliphatic rings. The van der Waals surface area contributed by atoms with Crippen molar-refractivity contribution in [2.45, 2.75) is 78.7 Å². The normalized spacial score (nSPS) is 18.6. The summed E-state index contributed by atoms with van der Waals surface area (Å²) < 4.78 is 5.12. The van der Waals surface area contributed by atoms with Crippen molar-refractivity contribution >= 4 is 28.6 Å². The average Bonchev–Trinajstić information content (AvgIpc) is 3.21. The van der Waals surface area contributed by atoms with Crippen molar-refractivity contribution in [3.05, 3.63) is 46.2 Å². The highest BCUT2D eigenvalue weighted by Gasteiger charge is 2.33. The van der Waals surface area contributed by atoms with E-state index in [0.717, 1.165) is 29.8 Å². The molecule has 1 aliphatic carbocycles. The third kappa shape index (κ3) is 7.06. The Kier molecular flexibility index (Phi) is 10.2. The van der Waals surface area contributed by atoms with Gasteiger partial charge in [-0.2, -0.15) is 0 Å². The molecule has 0 bridgehead atoms. The van der Waals surface area contributed by atoms with Gasteiger partial charge in [-0.25, -0.2) is 4.79 Å². The van der Waals surface area contributed by atoms with E-state index >= 15 is 0 Å². The fraction of sp³-hybridized carbons (Fsp3) is 0.577. The molecule has 32 heavy (non-hydrogen) atoms. The number of nitrogens with zero attached hydrogens (tertiary/aromatic N) is 1. The second-order valence-corrected chi connectivity index (χ2v) is 10.1. The summed E-state index contributed by atoms with van der Waals surface area (Å²) in [7, 11) is 1.40. The maximum absolute atomic E-state index is 12.7. The maximum Gasteiger partial charge on any atom is 0.350 e. The lowest BCUT2D eigenvalue weighted by Gasteiger charge is -2.33. The Labute approximate surface area is 197 Å². The first-order chi connectivity index (χ1) is 15.1. The van der Waals surface area contributed by atoms with E-state index in [1.165, 1.54) is 30.4 Å². The molecular weight excluding hydrogens is 422 g/mol. The van der Waals surface area contributed by atoms with Crippen LogP contribution in [0.5, 0.6) is 0 Å². The number of rotatable bonds is 10. The zero-order valence-electron chi connectivity index (χ0n) is 20.3. The minimum Gasteiger partial charge on any atom is -0.465 e. The van der Waals surface area contributed by atoms with Crippen LogP contribution < -0.4 is 4.90 Å². The molecule has 1 heterocycles. The summed E-state index contributed by atoms with van der Waals surface area (Å²) in [5.41, 5.74) is 2.01. The molecule has 178 valence electrons. The monoisotopic (exact) mass is 462 g/mol. The van der Waals surface area contributed by atoms with Crippen molar-refractivity contribution in [2.24, 2.45) is 11.8 Å². The second kappa shape index (κ2) is 12.4. The number of carbonyl (C=O) groups excluding carboxylic acids is 1. The molecule has 1 aromatic heterocycles. The molecular formula is C26H40NO4S+. The number of esters is 1. The summed E-state index contributed by atoms with van der Waals surface area (Å²) in [4.78, 5) is 16.3. The predicted octanol–water partition coefficient (Wildman–Crippen LogP) is 5.52. The number of aliphatic hydroxyl groups is 1. The second-order valence-electron chi connectivity index (χ2n) is 9.00. The van der Waals surface area contributed by atoms with Gasteiger partial charge in [0.2, 0.25) is 6.23 Å². The van der Waals surface area contributed by atoms with Crippen LogP contribution >= 0.6 is 11.3 Å². The number of thiophene rings is 1. The van der Waals surface area contributed by atoms with Gasteiger partial charge < -0.3 is 14.9 Å². The van der Waals surface area contributed by atoms with Gasteiger partial charge in [-0.3, -0.25) is 4.90 Å². The van der Waals surface area contributed by atoms with Crippen molar-refractivity contribution in [1.82, 2.24) is 0 Å². The molecule has 0 radical (unpaired) electrons. The quantitative estimate of drug-likeness (QED) is 0.215. The fourth-order valence-corrected chi connectivity index (χ4v) is 4.97. The standard InChI is InChI=1S/C26H39NO4S/c1-17(2)12-13-18(3)25(29)27(19(4)14-15-20(5)28)22-16-23(21-10-8-7-9-11-21)32-24(22)26(30)31-6/h10,12-20,25,28-29H,7-9,11H2,1-6H3/p+1/b13-12+,15-14+. The Balaban J connectivity index is 2.56. The lowest BCUT2D eigenvalue weighted by Crippen LogP contribution is -2.45. The molecule has 0 saturated heterocycles. The highest BCUT2D eigenvalue weighted by molar-refractivity contribution is 7.15. The molecule has 2 rings (SSSR count). The molecule has 0 fully saturated rings. The number of methoxy groups -OCH3 is 1. The highest BCUT2D eigenvalue weighted by Crippen LogP contribution is 2.40. The first-order valence-corrected chi connectivity index (χ1v) is 12.4. The lowest BCUT2D eigenvalue weighted by atomic mass is 9.98. The largest absolute Gasteiger partial charge is 0.465 e. The van der Waals surface area contributed by atoms with E-state index in [4.69, 9.17) is 9.84 Å². The molecule has 0 amide bonds. The summed E-state index contributed by atoms with van der Waals surface area (Å²) in [6.45, 7) is 9.97.